The minimum absolute atomic E-state index is 0. The van der Waals surface area contributed by atoms with E-state index in [0.717, 1.165) is 56.8 Å². The van der Waals surface area contributed by atoms with E-state index in [4.69, 9.17) is 9.47 Å². The average molecular weight is 505 g/mol. The van der Waals surface area contributed by atoms with Crippen LogP contribution >= 0.6 is 35.7 Å². The fourth-order valence-electron chi connectivity index (χ4n) is 3.12. The number of guanidine groups is 1. The molecule has 0 unspecified atom stereocenters. The number of halogens is 1. The zero-order chi connectivity index (χ0) is 18.2. The molecule has 1 heterocycles. The van der Waals surface area contributed by atoms with Crippen molar-refractivity contribution in [2.24, 2.45) is 10.9 Å². The number of hydrogen-bond acceptors (Lipinski definition) is 4. The molecule has 1 aromatic rings. The summed E-state index contributed by atoms with van der Waals surface area (Å²) < 4.78 is 11.8. The lowest BCUT2D eigenvalue weighted by Gasteiger charge is -2.36. The molecule has 1 aliphatic carbocycles. The van der Waals surface area contributed by atoms with Gasteiger partial charge in [-0.15, -0.1) is 24.0 Å². The molecule has 152 valence electrons. The largest absolute Gasteiger partial charge is 0.493 e. The number of rotatable bonds is 8. The van der Waals surface area contributed by atoms with E-state index >= 15 is 0 Å². The van der Waals surface area contributed by atoms with Gasteiger partial charge in [0, 0.05) is 43.7 Å². The summed E-state index contributed by atoms with van der Waals surface area (Å²) in [6, 6.07) is 8.26. The second-order valence-corrected chi connectivity index (χ2v) is 8.42. The number of aliphatic imine (C=N–C) groups is 1. The standard InChI is InChI=1S/C20H31N3O2S.HI/c1-21-19(23-15-20(26-2)9-11-24-12-10-20)22-13-17-5-3-4-6-18(17)25-14-16-7-8-16;/h3-6,16H,7-15H2,1-2H3,(H2,21,22,23);1H. The van der Waals surface area contributed by atoms with Crippen molar-refractivity contribution in [1.29, 1.82) is 0 Å². The molecule has 5 nitrogen and oxygen atoms in total. The van der Waals surface area contributed by atoms with Crippen LogP contribution in [0.25, 0.3) is 0 Å². The molecule has 0 bridgehead atoms. The van der Waals surface area contributed by atoms with Crippen LogP contribution in [0.15, 0.2) is 29.3 Å². The third-order valence-electron chi connectivity index (χ3n) is 5.23. The minimum atomic E-state index is 0. The van der Waals surface area contributed by atoms with E-state index in [1.165, 1.54) is 18.4 Å². The van der Waals surface area contributed by atoms with Gasteiger partial charge in [0.05, 0.1) is 6.61 Å². The maximum absolute atomic E-state index is 6.00. The summed E-state index contributed by atoms with van der Waals surface area (Å²) in [4.78, 5) is 4.38. The molecule has 0 spiro atoms. The van der Waals surface area contributed by atoms with Crippen molar-refractivity contribution < 1.29 is 9.47 Å². The molecular formula is C20H32IN3O2S. The van der Waals surface area contributed by atoms with Gasteiger partial charge < -0.3 is 20.1 Å². The molecule has 2 N–H and O–H groups in total. The van der Waals surface area contributed by atoms with Gasteiger partial charge in [-0.25, -0.2) is 0 Å². The quantitative estimate of drug-likeness (QED) is 0.321. The first-order valence-corrected chi connectivity index (χ1v) is 10.8. The van der Waals surface area contributed by atoms with Gasteiger partial charge in [0.1, 0.15) is 5.75 Å². The van der Waals surface area contributed by atoms with Crippen LogP contribution in [0.2, 0.25) is 0 Å². The monoisotopic (exact) mass is 505 g/mol. The molecule has 1 saturated carbocycles. The van der Waals surface area contributed by atoms with Crippen LogP contribution in [-0.2, 0) is 11.3 Å². The highest BCUT2D eigenvalue weighted by molar-refractivity contribution is 14.0. The number of nitrogens with zero attached hydrogens (tertiary/aromatic N) is 1. The third-order valence-corrected chi connectivity index (χ3v) is 6.65. The number of ether oxygens (including phenoxy) is 2. The maximum Gasteiger partial charge on any atom is 0.191 e. The van der Waals surface area contributed by atoms with Crippen LogP contribution in [0.4, 0.5) is 0 Å². The highest BCUT2D eigenvalue weighted by Gasteiger charge is 2.31. The first-order chi connectivity index (χ1) is 12.7. The van der Waals surface area contributed by atoms with E-state index in [-0.39, 0.29) is 28.7 Å². The van der Waals surface area contributed by atoms with Crippen LogP contribution < -0.4 is 15.4 Å². The minimum Gasteiger partial charge on any atom is -0.493 e. The second kappa shape index (κ2) is 11.4. The van der Waals surface area contributed by atoms with Crippen LogP contribution in [0.5, 0.6) is 5.75 Å². The molecule has 27 heavy (non-hydrogen) atoms. The molecule has 1 aliphatic heterocycles. The summed E-state index contributed by atoms with van der Waals surface area (Å²) in [5.41, 5.74) is 1.17. The lowest BCUT2D eigenvalue weighted by molar-refractivity contribution is 0.0783. The van der Waals surface area contributed by atoms with Gasteiger partial charge in [-0.05, 0) is 43.9 Å². The van der Waals surface area contributed by atoms with Crippen molar-refractivity contribution in [2.75, 3.05) is 39.7 Å². The highest BCUT2D eigenvalue weighted by Crippen LogP contribution is 2.33. The zero-order valence-corrected chi connectivity index (χ0v) is 19.5. The van der Waals surface area contributed by atoms with Crippen molar-refractivity contribution in [3.05, 3.63) is 29.8 Å². The van der Waals surface area contributed by atoms with E-state index in [9.17, 15) is 0 Å². The van der Waals surface area contributed by atoms with E-state index in [1.807, 2.05) is 24.9 Å². The summed E-state index contributed by atoms with van der Waals surface area (Å²) in [5, 5.41) is 6.93. The summed E-state index contributed by atoms with van der Waals surface area (Å²) in [7, 11) is 1.82. The van der Waals surface area contributed by atoms with E-state index in [0.29, 0.717) is 6.54 Å². The zero-order valence-electron chi connectivity index (χ0n) is 16.3. The molecule has 1 aromatic carbocycles. The lowest BCUT2D eigenvalue weighted by atomic mass is 9.99. The van der Waals surface area contributed by atoms with Crippen molar-refractivity contribution in [1.82, 2.24) is 10.6 Å². The summed E-state index contributed by atoms with van der Waals surface area (Å²) in [6.07, 6.45) is 6.96. The number of para-hydroxylation sites is 1. The fraction of sp³-hybridized carbons (Fsp3) is 0.650. The predicted octanol–water partition coefficient (Wildman–Crippen LogP) is 3.67. The van der Waals surface area contributed by atoms with Crippen molar-refractivity contribution in [2.45, 2.75) is 37.0 Å². The summed E-state index contributed by atoms with van der Waals surface area (Å²) in [5.74, 6) is 2.57. The summed E-state index contributed by atoms with van der Waals surface area (Å²) >= 11 is 1.93. The topological polar surface area (TPSA) is 54.9 Å². The average Bonchev–Trinajstić information content (AvgIpc) is 3.52. The highest BCUT2D eigenvalue weighted by atomic mass is 127. The Labute approximate surface area is 184 Å². The normalized spacial score (nSPS) is 19.1. The Hall–Kier alpha value is -0.670. The smallest absolute Gasteiger partial charge is 0.191 e. The Bertz CT molecular complexity index is 605. The molecule has 2 aliphatic rings. The van der Waals surface area contributed by atoms with Crippen LogP contribution in [0.1, 0.15) is 31.2 Å². The Kier molecular flexibility index (Phi) is 9.52. The molecular weight excluding hydrogens is 473 g/mol. The van der Waals surface area contributed by atoms with Gasteiger partial charge in [0.15, 0.2) is 5.96 Å². The first-order valence-electron chi connectivity index (χ1n) is 9.53. The number of nitrogens with one attached hydrogen (secondary N) is 2. The number of hydrogen-bond donors (Lipinski definition) is 2. The van der Waals surface area contributed by atoms with Gasteiger partial charge in [-0.3, -0.25) is 4.99 Å². The molecule has 7 heteroatoms. The van der Waals surface area contributed by atoms with Crippen molar-refractivity contribution in [3.8, 4) is 5.75 Å². The predicted molar refractivity (Wildman–Crippen MR) is 125 cm³/mol. The maximum atomic E-state index is 6.00. The van der Waals surface area contributed by atoms with Gasteiger partial charge in [0.25, 0.3) is 0 Å². The molecule has 0 atom stereocenters. The Morgan fingerprint density at radius 1 is 1.26 bits per heavy atom. The molecule has 0 amide bonds. The van der Waals surface area contributed by atoms with E-state index in [1.54, 1.807) is 0 Å². The van der Waals surface area contributed by atoms with Gasteiger partial charge >= 0.3 is 0 Å². The second-order valence-electron chi connectivity index (χ2n) is 7.14. The van der Waals surface area contributed by atoms with E-state index in [2.05, 4.69) is 40.1 Å². The van der Waals surface area contributed by atoms with Crippen LogP contribution in [0.3, 0.4) is 0 Å². The molecule has 1 saturated heterocycles. The first kappa shape index (κ1) is 22.6. The number of thioether (sulfide) groups is 1. The molecule has 0 aromatic heterocycles. The fourth-order valence-corrected chi connectivity index (χ4v) is 3.92. The van der Waals surface area contributed by atoms with Crippen LogP contribution in [0, 0.1) is 5.92 Å². The summed E-state index contributed by atoms with van der Waals surface area (Å²) in [6.45, 7) is 4.13. The molecule has 2 fully saturated rings. The molecule has 3 rings (SSSR count). The molecule has 0 radical (unpaired) electrons. The SMILES string of the molecule is CN=C(NCc1ccccc1OCC1CC1)NCC1(SC)CCOCC1.I. The van der Waals surface area contributed by atoms with Gasteiger partial charge in [-0.2, -0.15) is 11.8 Å². The van der Waals surface area contributed by atoms with Gasteiger partial charge in [0.2, 0.25) is 0 Å². The van der Waals surface area contributed by atoms with Crippen molar-refractivity contribution >= 4 is 41.7 Å². The third kappa shape index (κ3) is 7.02. The van der Waals surface area contributed by atoms with Gasteiger partial charge in [-0.1, -0.05) is 18.2 Å². The van der Waals surface area contributed by atoms with E-state index < -0.39 is 0 Å². The Balaban J connectivity index is 0.00000261. The number of benzene rings is 1. The Morgan fingerprint density at radius 2 is 2.00 bits per heavy atom. The lowest BCUT2D eigenvalue weighted by Crippen LogP contribution is -2.47. The van der Waals surface area contributed by atoms with Crippen molar-refractivity contribution in [3.63, 3.8) is 0 Å². The van der Waals surface area contributed by atoms with Crippen LogP contribution in [-0.4, -0.2) is 50.4 Å². The Morgan fingerprint density at radius 3 is 2.67 bits per heavy atom.